The molecule has 18 heavy (non-hydrogen) atoms. The third-order valence-electron chi connectivity index (χ3n) is 3.43. The summed E-state index contributed by atoms with van der Waals surface area (Å²) in [5, 5.41) is 8.98. The van der Waals surface area contributed by atoms with Crippen LogP contribution in [0.4, 0.5) is 0 Å². The number of hydrogen-bond acceptors (Lipinski definition) is 2. The molecule has 1 aliphatic rings. The van der Waals surface area contributed by atoms with Crippen LogP contribution in [0.15, 0.2) is 30.3 Å². The van der Waals surface area contributed by atoms with Crippen molar-refractivity contribution in [3.8, 4) is 0 Å². The van der Waals surface area contributed by atoms with Crippen molar-refractivity contribution in [2.75, 3.05) is 19.6 Å². The van der Waals surface area contributed by atoms with Crippen molar-refractivity contribution in [1.82, 2.24) is 4.90 Å². The first-order chi connectivity index (χ1) is 8.66. The van der Waals surface area contributed by atoms with Gasteiger partial charge in [-0.3, -0.25) is 4.79 Å². The van der Waals surface area contributed by atoms with E-state index in [1.54, 1.807) is 0 Å². The number of carbonyl (C=O) groups is 1. The fourth-order valence-electron chi connectivity index (χ4n) is 2.42. The molecule has 1 aromatic carbocycles. The van der Waals surface area contributed by atoms with Gasteiger partial charge in [-0.1, -0.05) is 30.3 Å². The van der Waals surface area contributed by atoms with Gasteiger partial charge in [0, 0.05) is 13.1 Å². The number of rotatable bonds is 4. The average molecular weight is 268 g/mol. The Kier molecular flexibility index (Phi) is 4.61. The summed E-state index contributed by atoms with van der Waals surface area (Å²) in [5.41, 5.74) is 1.09. The van der Waals surface area contributed by atoms with Gasteiger partial charge in [0.05, 0.1) is 11.3 Å². The Hall–Kier alpha value is -1.06. The summed E-state index contributed by atoms with van der Waals surface area (Å²) < 4.78 is 0. The zero-order chi connectivity index (χ0) is 13.0. The van der Waals surface area contributed by atoms with Crippen molar-refractivity contribution in [3.63, 3.8) is 0 Å². The van der Waals surface area contributed by atoms with Crippen molar-refractivity contribution < 1.29 is 9.90 Å². The van der Waals surface area contributed by atoms with Gasteiger partial charge >= 0.3 is 5.97 Å². The van der Waals surface area contributed by atoms with E-state index in [1.807, 2.05) is 30.3 Å². The van der Waals surface area contributed by atoms with Gasteiger partial charge in [-0.05, 0) is 24.9 Å². The lowest BCUT2D eigenvalue weighted by Crippen LogP contribution is -2.40. The number of nitrogens with zero attached hydrogens (tertiary/aromatic N) is 1. The second kappa shape index (κ2) is 6.21. The highest BCUT2D eigenvalue weighted by molar-refractivity contribution is 6.21. The quantitative estimate of drug-likeness (QED) is 0.853. The molecule has 4 heteroatoms. The highest BCUT2D eigenvalue weighted by Gasteiger charge is 2.26. The van der Waals surface area contributed by atoms with Crippen LogP contribution in [0, 0.1) is 5.92 Å². The van der Waals surface area contributed by atoms with E-state index in [-0.39, 0.29) is 11.3 Å². The molecule has 1 aliphatic heterocycles. The Balaban J connectivity index is 1.91. The van der Waals surface area contributed by atoms with Crippen LogP contribution < -0.4 is 0 Å². The van der Waals surface area contributed by atoms with E-state index < -0.39 is 5.97 Å². The lowest BCUT2D eigenvalue weighted by Gasteiger charge is -2.31. The van der Waals surface area contributed by atoms with Gasteiger partial charge in [0.15, 0.2) is 0 Å². The molecule has 0 aliphatic carbocycles. The molecule has 2 atom stereocenters. The molecule has 1 N–H and O–H groups in total. The van der Waals surface area contributed by atoms with E-state index in [0.717, 1.165) is 31.5 Å². The molecule has 1 heterocycles. The first-order valence-corrected chi connectivity index (χ1v) is 6.74. The number of likely N-dealkylation sites (tertiary alicyclic amines) is 1. The van der Waals surface area contributed by atoms with Crippen LogP contribution in [0.5, 0.6) is 0 Å². The number of hydrogen-bond donors (Lipinski definition) is 1. The van der Waals surface area contributed by atoms with Crippen molar-refractivity contribution in [3.05, 3.63) is 35.9 Å². The minimum absolute atomic E-state index is 0.0706. The number of aliphatic carboxylic acids is 1. The van der Waals surface area contributed by atoms with Gasteiger partial charge < -0.3 is 10.0 Å². The summed E-state index contributed by atoms with van der Waals surface area (Å²) in [4.78, 5) is 13.2. The molecule has 2 unspecified atom stereocenters. The van der Waals surface area contributed by atoms with Crippen LogP contribution in [0.3, 0.4) is 0 Å². The third kappa shape index (κ3) is 3.47. The van der Waals surface area contributed by atoms with E-state index in [2.05, 4.69) is 4.90 Å². The van der Waals surface area contributed by atoms with Crippen LogP contribution in [0.1, 0.15) is 23.8 Å². The first-order valence-electron chi connectivity index (χ1n) is 6.31. The molecule has 1 aromatic rings. The van der Waals surface area contributed by atoms with Crippen molar-refractivity contribution in [1.29, 1.82) is 0 Å². The van der Waals surface area contributed by atoms with E-state index >= 15 is 0 Å². The predicted molar refractivity (Wildman–Crippen MR) is 71.8 cm³/mol. The largest absolute Gasteiger partial charge is 0.481 e. The normalized spacial score (nSPS) is 22.6. The maximum atomic E-state index is 11.0. The summed E-state index contributed by atoms with van der Waals surface area (Å²) in [7, 11) is 0. The van der Waals surface area contributed by atoms with Crippen molar-refractivity contribution in [2.45, 2.75) is 18.2 Å². The molecule has 0 amide bonds. The number of alkyl halides is 1. The van der Waals surface area contributed by atoms with E-state index in [4.69, 9.17) is 16.7 Å². The monoisotopic (exact) mass is 267 g/mol. The smallest absolute Gasteiger partial charge is 0.307 e. The van der Waals surface area contributed by atoms with Crippen molar-refractivity contribution in [2.24, 2.45) is 5.92 Å². The Morgan fingerprint density at radius 2 is 2.17 bits per heavy atom. The first kappa shape index (κ1) is 13.4. The van der Waals surface area contributed by atoms with Gasteiger partial charge in [-0.15, -0.1) is 11.6 Å². The molecule has 3 nitrogen and oxygen atoms in total. The predicted octanol–water partition coefficient (Wildman–Crippen LogP) is 2.76. The Bertz CT molecular complexity index is 396. The molecule has 98 valence electrons. The van der Waals surface area contributed by atoms with E-state index in [1.165, 1.54) is 0 Å². The molecule has 0 bridgehead atoms. The van der Waals surface area contributed by atoms with Crippen molar-refractivity contribution >= 4 is 17.6 Å². The van der Waals surface area contributed by atoms with Crippen LogP contribution in [-0.2, 0) is 4.79 Å². The van der Waals surface area contributed by atoms with Crippen LogP contribution in [-0.4, -0.2) is 35.6 Å². The molecule has 1 fully saturated rings. The second-order valence-corrected chi connectivity index (χ2v) is 5.34. The maximum absolute atomic E-state index is 11.0. The zero-order valence-corrected chi connectivity index (χ0v) is 11.0. The Labute approximate surface area is 112 Å². The molecular weight excluding hydrogens is 250 g/mol. The van der Waals surface area contributed by atoms with Gasteiger partial charge in [0.1, 0.15) is 0 Å². The second-order valence-electron chi connectivity index (χ2n) is 4.82. The number of benzene rings is 1. The summed E-state index contributed by atoms with van der Waals surface area (Å²) in [6.07, 6.45) is 1.72. The number of carboxylic acids is 1. The lowest BCUT2D eigenvalue weighted by atomic mass is 9.98. The van der Waals surface area contributed by atoms with E-state index in [0.29, 0.717) is 6.54 Å². The molecule has 1 saturated heterocycles. The van der Waals surface area contributed by atoms with Crippen LogP contribution >= 0.6 is 11.6 Å². The van der Waals surface area contributed by atoms with Gasteiger partial charge in [0.25, 0.3) is 0 Å². The summed E-state index contributed by atoms with van der Waals surface area (Å²) in [6, 6.07) is 9.93. The highest BCUT2D eigenvalue weighted by Crippen LogP contribution is 2.24. The summed E-state index contributed by atoms with van der Waals surface area (Å²) in [5.74, 6) is -0.927. The fourth-order valence-corrected chi connectivity index (χ4v) is 2.76. The number of piperidine rings is 1. The van der Waals surface area contributed by atoms with Gasteiger partial charge in [0.2, 0.25) is 0 Å². The Morgan fingerprint density at radius 3 is 2.83 bits per heavy atom. The number of halogens is 1. The lowest BCUT2D eigenvalue weighted by molar-refractivity contribution is -0.143. The minimum atomic E-state index is -0.689. The summed E-state index contributed by atoms with van der Waals surface area (Å²) in [6.45, 7) is 2.28. The average Bonchev–Trinajstić information content (AvgIpc) is 2.40. The molecule has 0 saturated carbocycles. The summed E-state index contributed by atoms with van der Waals surface area (Å²) >= 11 is 6.38. The molecule has 2 rings (SSSR count). The molecule has 0 radical (unpaired) electrons. The van der Waals surface area contributed by atoms with Gasteiger partial charge in [-0.2, -0.15) is 0 Å². The molecule has 0 aromatic heterocycles. The maximum Gasteiger partial charge on any atom is 0.307 e. The van der Waals surface area contributed by atoms with Crippen LogP contribution in [0.25, 0.3) is 0 Å². The van der Waals surface area contributed by atoms with Gasteiger partial charge in [-0.25, -0.2) is 0 Å². The zero-order valence-electron chi connectivity index (χ0n) is 10.3. The molecule has 0 spiro atoms. The van der Waals surface area contributed by atoms with E-state index in [9.17, 15) is 4.79 Å². The highest BCUT2D eigenvalue weighted by atomic mass is 35.5. The van der Waals surface area contributed by atoms with Crippen LogP contribution in [0.2, 0.25) is 0 Å². The topological polar surface area (TPSA) is 40.5 Å². The minimum Gasteiger partial charge on any atom is -0.481 e. The standard InChI is InChI=1S/C14H18ClNO2/c15-13(11-5-2-1-3-6-11)10-16-8-4-7-12(9-16)14(17)18/h1-3,5-6,12-13H,4,7-10H2,(H,17,18). The Morgan fingerprint density at radius 1 is 1.44 bits per heavy atom. The molecular formula is C14H18ClNO2. The third-order valence-corrected chi connectivity index (χ3v) is 3.82. The number of carboxylic acid groups (broad SMARTS) is 1. The fraction of sp³-hybridized carbons (Fsp3) is 0.500. The SMILES string of the molecule is O=C(O)C1CCCN(CC(Cl)c2ccccc2)C1.